The van der Waals surface area contributed by atoms with Gasteiger partial charge in [0.25, 0.3) is 17.5 Å². The fourth-order valence-corrected chi connectivity index (χ4v) is 2.88. The third kappa shape index (κ3) is 4.79. The van der Waals surface area contributed by atoms with Gasteiger partial charge in [0, 0.05) is 22.9 Å². The van der Waals surface area contributed by atoms with E-state index in [0.717, 1.165) is 11.6 Å². The molecule has 0 aliphatic carbocycles. The van der Waals surface area contributed by atoms with Gasteiger partial charge in [-0.15, -0.1) is 0 Å². The zero-order valence-electron chi connectivity index (χ0n) is 16.2. The van der Waals surface area contributed by atoms with Crippen molar-refractivity contribution in [1.82, 2.24) is 5.32 Å². The second-order valence-electron chi connectivity index (χ2n) is 6.67. The Labute approximate surface area is 172 Å². The van der Waals surface area contributed by atoms with Crippen LogP contribution in [0, 0.1) is 10.1 Å². The van der Waals surface area contributed by atoms with Crippen molar-refractivity contribution in [3.63, 3.8) is 0 Å². The molecule has 2 amide bonds. The number of nitro benzene ring substituents is 1. The number of amides is 2. The predicted octanol–water partition coefficient (Wildman–Crippen LogP) is 3.92. The second-order valence-corrected chi connectivity index (χ2v) is 6.67. The Balaban J connectivity index is 1.71. The number of hydrogen-bond donors (Lipinski definition) is 3. The number of hydrogen-bond acceptors (Lipinski definition) is 5. The Morgan fingerprint density at radius 1 is 0.933 bits per heavy atom. The van der Waals surface area contributed by atoms with Gasteiger partial charge in [0.05, 0.1) is 11.0 Å². The highest BCUT2D eigenvalue weighted by atomic mass is 16.6. The van der Waals surface area contributed by atoms with Crippen LogP contribution in [0.4, 0.5) is 17.1 Å². The number of nitro groups is 1. The van der Waals surface area contributed by atoms with E-state index >= 15 is 0 Å². The molecule has 0 aromatic heterocycles. The first-order valence-electron chi connectivity index (χ1n) is 9.16. The Bertz CT molecular complexity index is 1100. The van der Waals surface area contributed by atoms with Crippen molar-refractivity contribution in [2.45, 2.75) is 13.0 Å². The molecule has 4 N–H and O–H groups in total. The van der Waals surface area contributed by atoms with Gasteiger partial charge in [-0.05, 0) is 48.9 Å². The average molecular weight is 404 g/mol. The van der Waals surface area contributed by atoms with E-state index in [2.05, 4.69) is 10.6 Å². The summed E-state index contributed by atoms with van der Waals surface area (Å²) in [6, 6.07) is 19.4. The van der Waals surface area contributed by atoms with E-state index in [4.69, 9.17) is 5.73 Å². The molecule has 8 heteroatoms. The largest absolute Gasteiger partial charge is 0.393 e. The minimum atomic E-state index is -0.631. The van der Waals surface area contributed by atoms with Crippen LogP contribution >= 0.6 is 0 Å². The molecule has 30 heavy (non-hydrogen) atoms. The molecule has 0 bridgehead atoms. The van der Waals surface area contributed by atoms with Crippen LogP contribution in [0.2, 0.25) is 0 Å². The van der Waals surface area contributed by atoms with E-state index in [9.17, 15) is 19.7 Å². The van der Waals surface area contributed by atoms with Crippen LogP contribution in [-0.2, 0) is 0 Å². The van der Waals surface area contributed by atoms with Gasteiger partial charge in [-0.25, -0.2) is 0 Å². The molecular formula is C22H20N4O4. The van der Waals surface area contributed by atoms with Gasteiger partial charge in [0.2, 0.25) is 0 Å². The third-order valence-corrected chi connectivity index (χ3v) is 4.52. The fourth-order valence-electron chi connectivity index (χ4n) is 2.88. The molecular weight excluding hydrogens is 384 g/mol. The summed E-state index contributed by atoms with van der Waals surface area (Å²) >= 11 is 0. The summed E-state index contributed by atoms with van der Waals surface area (Å²) in [5, 5.41) is 16.6. The number of nitrogens with two attached hydrogens (primary N) is 1. The topological polar surface area (TPSA) is 127 Å². The highest BCUT2D eigenvalue weighted by Crippen LogP contribution is 2.23. The van der Waals surface area contributed by atoms with E-state index in [-0.39, 0.29) is 22.8 Å². The lowest BCUT2D eigenvalue weighted by molar-refractivity contribution is -0.383. The van der Waals surface area contributed by atoms with Crippen LogP contribution in [0.1, 0.15) is 39.2 Å². The lowest BCUT2D eigenvalue weighted by Crippen LogP contribution is -2.26. The fraction of sp³-hybridized carbons (Fsp3) is 0.0909. The summed E-state index contributed by atoms with van der Waals surface area (Å²) < 4.78 is 0. The average Bonchev–Trinajstić information content (AvgIpc) is 2.74. The molecule has 0 fully saturated rings. The first-order valence-corrected chi connectivity index (χ1v) is 9.16. The van der Waals surface area contributed by atoms with Crippen molar-refractivity contribution in [1.29, 1.82) is 0 Å². The van der Waals surface area contributed by atoms with Gasteiger partial charge in [-0.1, -0.05) is 30.3 Å². The van der Waals surface area contributed by atoms with Crippen molar-refractivity contribution in [2.75, 3.05) is 11.1 Å². The number of nitrogens with zero attached hydrogens (tertiary/aromatic N) is 1. The van der Waals surface area contributed by atoms with Gasteiger partial charge in [-0.3, -0.25) is 19.7 Å². The number of carbonyl (C=O) groups is 2. The molecule has 0 aliphatic rings. The van der Waals surface area contributed by atoms with Crippen molar-refractivity contribution in [2.24, 2.45) is 0 Å². The SMILES string of the molecule is CC(NC(=O)c1ccc(N)c([N+](=O)[O-])c1)c1cccc(NC(=O)c2ccccc2)c1. The van der Waals surface area contributed by atoms with Crippen molar-refractivity contribution < 1.29 is 14.5 Å². The monoisotopic (exact) mass is 404 g/mol. The maximum atomic E-state index is 12.5. The molecule has 1 atom stereocenters. The van der Waals surface area contributed by atoms with Crippen LogP contribution in [0.15, 0.2) is 72.8 Å². The molecule has 0 aliphatic heterocycles. The predicted molar refractivity (Wildman–Crippen MR) is 114 cm³/mol. The van der Waals surface area contributed by atoms with Crippen LogP contribution in [0.3, 0.4) is 0 Å². The number of rotatable bonds is 6. The number of nitrogens with one attached hydrogen (secondary N) is 2. The van der Waals surface area contributed by atoms with Crippen molar-refractivity contribution >= 4 is 28.9 Å². The van der Waals surface area contributed by atoms with E-state index in [1.54, 1.807) is 49.4 Å². The quantitative estimate of drug-likeness (QED) is 0.326. The van der Waals surface area contributed by atoms with Gasteiger partial charge in [0.15, 0.2) is 0 Å². The van der Waals surface area contributed by atoms with Gasteiger partial charge in [0.1, 0.15) is 5.69 Å². The molecule has 1 unspecified atom stereocenters. The minimum Gasteiger partial charge on any atom is -0.393 e. The number of carbonyl (C=O) groups excluding carboxylic acids is 2. The number of nitrogen functional groups attached to an aromatic ring is 1. The Morgan fingerprint density at radius 3 is 2.37 bits per heavy atom. The zero-order chi connectivity index (χ0) is 21.7. The van der Waals surface area contributed by atoms with Gasteiger partial charge >= 0.3 is 0 Å². The van der Waals surface area contributed by atoms with Crippen LogP contribution in [0.25, 0.3) is 0 Å². The van der Waals surface area contributed by atoms with Gasteiger partial charge in [-0.2, -0.15) is 0 Å². The Hall–Kier alpha value is -4.20. The summed E-state index contributed by atoms with van der Waals surface area (Å²) in [4.78, 5) is 35.2. The molecule has 0 spiro atoms. The number of benzene rings is 3. The Kier molecular flexibility index (Phi) is 6.07. The zero-order valence-corrected chi connectivity index (χ0v) is 16.2. The maximum Gasteiger partial charge on any atom is 0.292 e. The third-order valence-electron chi connectivity index (χ3n) is 4.52. The summed E-state index contributed by atoms with van der Waals surface area (Å²) in [7, 11) is 0. The van der Waals surface area contributed by atoms with Gasteiger partial charge < -0.3 is 16.4 Å². The number of anilines is 2. The Morgan fingerprint density at radius 2 is 1.67 bits per heavy atom. The minimum absolute atomic E-state index is 0.00791. The van der Waals surface area contributed by atoms with Crippen molar-refractivity contribution in [3.05, 3.63) is 99.6 Å². The normalized spacial score (nSPS) is 11.4. The lowest BCUT2D eigenvalue weighted by Gasteiger charge is -2.16. The smallest absolute Gasteiger partial charge is 0.292 e. The first-order chi connectivity index (χ1) is 14.3. The lowest BCUT2D eigenvalue weighted by atomic mass is 10.1. The van der Waals surface area contributed by atoms with Crippen molar-refractivity contribution in [3.8, 4) is 0 Å². The summed E-state index contributed by atoms with van der Waals surface area (Å²) in [5.41, 5.74) is 7.27. The first kappa shape index (κ1) is 20.5. The van der Waals surface area contributed by atoms with E-state index in [0.29, 0.717) is 11.3 Å². The molecule has 0 saturated heterocycles. The highest BCUT2D eigenvalue weighted by molar-refractivity contribution is 6.04. The van der Waals surface area contributed by atoms with E-state index in [1.807, 2.05) is 12.1 Å². The molecule has 3 rings (SSSR count). The summed E-state index contributed by atoms with van der Waals surface area (Å²) in [6.45, 7) is 1.78. The van der Waals surface area contributed by atoms with Crippen LogP contribution < -0.4 is 16.4 Å². The highest BCUT2D eigenvalue weighted by Gasteiger charge is 2.18. The molecule has 152 valence electrons. The summed E-state index contributed by atoms with van der Waals surface area (Å²) in [5.74, 6) is -0.706. The van der Waals surface area contributed by atoms with E-state index in [1.165, 1.54) is 12.1 Å². The second kappa shape index (κ2) is 8.87. The standard InChI is InChI=1S/C22H20N4O4/c1-14(24-22(28)17-10-11-19(23)20(13-17)26(29)30)16-8-5-9-18(12-16)25-21(27)15-6-3-2-4-7-15/h2-14H,23H2,1H3,(H,24,28)(H,25,27). The van der Waals surface area contributed by atoms with E-state index < -0.39 is 16.9 Å². The van der Waals surface area contributed by atoms with Crippen LogP contribution in [-0.4, -0.2) is 16.7 Å². The molecule has 0 radical (unpaired) electrons. The molecule has 8 nitrogen and oxygen atoms in total. The summed E-state index contributed by atoms with van der Waals surface area (Å²) in [6.07, 6.45) is 0. The maximum absolute atomic E-state index is 12.5. The molecule has 3 aromatic rings. The molecule has 0 heterocycles. The van der Waals surface area contributed by atoms with Crippen LogP contribution in [0.5, 0.6) is 0 Å². The molecule has 0 saturated carbocycles. The molecule has 3 aromatic carbocycles.